The van der Waals surface area contributed by atoms with Crippen LogP contribution in [0.3, 0.4) is 0 Å². The number of hydrogen-bond donors (Lipinski definition) is 1. The molecule has 2 rings (SSSR count). The average Bonchev–Trinajstić information content (AvgIpc) is 2.99. The van der Waals surface area contributed by atoms with Crippen LogP contribution >= 0.6 is 0 Å². The van der Waals surface area contributed by atoms with Crippen LogP contribution in [0.15, 0.2) is 24.3 Å². The SMILES string of the molecule is CC(C)COc1ccc(C(C)(C)C(=O)N2CCCC2CC(=O)O)cc1. The van der Waals surface area contributed by atoms with Crippen molar-refractivity contribution < 1.29 is 19.4 Å². The molecule has 1 N–H and O–H groups in total. The summed E-state index contributed by atoms with van der Waals surface area (Å²) in [4.78, 5) is 25.8. The number of likely N-dealkylation sites (tertiary alicyclic amines) is 1. The molecule has 1 fully saturated rings. The summed E-state index contributed by atoms with van der Waals surface area (Å²) in [6, 6.07) is 7.45. The number of carboxylic acid groups (broad SMARTS) is 1. The van der Waals surface area contributed by atoms with Gasteiger partial charge in [0, 0.05) is 12.6 Å². The highest BCUT2D eigenvalue weighted by molar-refractivity contribution is 5.88. The Kier molecular flexibility index (Phi) is 6.09. The Morgan fingerprint density at radius 3 is 2.48 bits per heavy atom. The zero-order valence-electron chi connectivity index (χ0n) is 15.6. The number of carbonyl (C=O) groups excluding carboxylic acids is 1. The number of hydrogen-bond acceptors (Lipinski definition) is 3. The van der Waals surface area contributed by atoms with Gasteiger partial charge >= 0.3 is 5.97 Å². The number of aliphatic carboxylic acids is 1. The third kappa shape index (κ3) is 4.74. The normalized spacial score (nSPS) is 17.8. The summed E-state index contributed by atoms with van der Waals surface area (Å²) in [5.41, 5.74) is 0.216. The molecule has 1 saturated heterocycles. The number of ether oxygens (including phenoxy) is 1. The van der Waals surface area contributed by atoms with Crippen LogP contribution in [0.5, 0.6) is 5.75 Å². The van der Waals surface area contributed by atoms with Crippen molar-refractivity contribution >= 4 is 11.9 Å². The first kappa shape index (κ1) is 19.3. The monoisotopic (exact) mass is 347 g/mol. The quantitative estimate of drug-likeness (QED) is 0.820. The summed E-state index contributed by atoms with van der Waals surface area (Å²) in [6.45, 7) is 9.28. The van der Waals surface area contributed by atoms with E-state index in [9.17, 15) is 9.59 Å². The van der Waals surface area contributed by atoms with Crippen molar-refractivity contribution in [2.24, 2.45) is 5.92 Å². The van der Waals surface area contributed by atoms with Gasteiger partial charge in [-0.1, -0.05) is 26.0 Å². The molecule has 1 aliphatic rings. The highest BCUT2D eigenvalue weighted by Crippen LogP contribution is 2.31. The van der Waals surface area contributed by atoms with Crippen LogP contribution in [-0.4, -0.2) is 41.1 Å². The molecular formula is C20H29NO4. The van der Waals surface area contributed by atoms with Gasteiger partial charge in [-0.25, -0.2) is 0 Å². The Labute approximate surface area is 150 Å². The van der Waals surface area contributed by atoms with Gasteiger partial charge in [-0.3, -0.25) is 9.59 Å². The highest BCUT2D eigenvalue weighted by Gasteiger charge is 2.39. The van der Waals surface area contributed by atoms with E-state index < -0.39 is 11.4 Å². The van der Waals surface area contributed by atoms with Crippen molar-refractivity contribution in [1.29, 1.82) is 0 Å². The lowest BCUT2D eigenvalue weighted by atomic mass is 9.83. The maximum absolute atomic E-state index is 13.1. The lowest BCUT2D eigenvalue weighted by molar-refractivity contribution is -0.141. The maximum Gasteiger partial charge on any atom is 0.305 e. The van der Waals surface area contributed by atoms with E-state index in [0.717, 1.165) is 24.2 Å². The Bertz CT molecular complexity index is 607. The van der Waals surface area contributed by atoms with Crippen molar-refractivity contribution in [2.45, 2.75) is 58.4 Å². The molecule has 1 unspecified atom stereocenters. The minimum absolute atomic E-state index is 0.00732. The van der Waals surface area contributed by atoms with Gasteiger partial charge in [-0.05, 0) is 50.3 Å². The van der Waals surface area contributed by atoms with Gasteiger partial charge < -0.3 is 14.7 Å². The van der Waals surface area contributed by atoms with Gasteiger partial charge in [-0.15, -0.1) is 0 Å². The summed E-state index contributed by atoms with van der Waals surface area (Å²) in [5.74, 6) is 0.394. The predicted molar refractivity (Wildman–Crippen MR) is 96.8 cm³/mol. The lowest BCUT2D eigenvalue weighted by Gasteiger charge is -2.33. The summed E-state index contributed by atoms with van der Waals surface area (Å²) in [6.07, 6.45) is 1.64. The molecule has 1 heterocycles. The van der Waals surface area contributed by atoms with E-state index >= 15 is 0 Å². The minimum atomic E-state index is -0.853. The van der Waals surface area contributed by atoms with Gasteiger partial charge in [0.15, 0.2) is 0 Å². The van der Waals surface area contributed by atoms with Crippen molar-refractivity contribution in [3.8, 4) is 5.75 Å². The second kappa shape index (κ2) is 7.89. The molecule has 25 heavy (non-hydrogen) atoms. The van der Waals surface area contributed by atoms with Crippen LogP contribution in [0.2, 0.25) is 0 Å². The summed E-state index contributed by atoms with van der Waals surface area (Å²) >= 11 is 0. The van der Waals surface area contributed by atoms with Crippen LogP contribution < -0.4 is 4.74 Å². The van der Waals surface area contributed by atoms with Crippen LogP contribution in [0, 0.1) is 5.92 Å². The minimum Gasteiger partial charge on any atom is -0.493 e. The van der Waals surface area contributed by atoms with Gasteiger partial charge in [0.05, 0.1) is 18.4 Å². The third-order valence-corrected chi connectivity index (χ3v) is 4.74. The molecule has 0 bridgehead atoms. The number of amides is 1. The predicted octanol–water partition coefficient (Wildman–Crippen LogP) is 3.46. The van der Waals surface area contributed by atoms with E-state index in [0.29, 0.717) is 19.1 Å². The second-order valence-electron chi connectivity index (χ2n) is 7.75. The van der Waals surface area contributed by atoms with Crippen molar-refractivity contribution in [1.82, 2.24) is 4.90 Å². The fraction of sp³-hybridized carbons (Fsp3) is 0.600. The van der Waals surface area contributed by atoms with Gasteiger partial charge in [0.1, 0.15) is 5.75 Å². The first-order chi connectivity index (χ1) is 11.7. The Hall–Kier alpha value is -2.04. The first-order valence-corrected chi connectivity index (χ1v) is 8.98. The summed E-state index contributed by atoms with van der Waals surface area (Å²) < 4.78 is 5.70. The molecule has 0 aromatic heterocycles. The number of nitrogens with zero attached hydrogens (tertiary/aromatic N) is 1. The molecule has 1 atom stereocenters. The molecule has 1 amide bonds. The molecule has 0 saturated carbocycles. The molecule has 0 radical (unpaired) electrons. The highest BCUT2D eigenvalue weighted by atomic mass is 16.5. The Morgan fingerprint density at radius 1 is 1.28 bits per heavy atom. The van der Waals surface area contributed by atoms with Gasteiger partial charge in [0.25, 0.3) is 0 Å². The van der Waals surface area contributed by atoms with Crippen molar-refractivity contribution in [3.05, 3.63) is 29.8 Å². The number of carboxylic acids is 1. The van der Waals surface area contributed by atoms with E-state index in [-0.39, 0.29) is 18.4 Å². The zero-order chi connectivity index (χ0) is 18.6. The number of carbonyl (C=O) groups is 2. The standard InChI is InChI=1S/C20H29NO4/c1-14(2)13-25-17-9-7-15(8-10-17)20(3,4)19(24)21-11-5-6-16(21)12-18(22)23/h7-10,14,16H,5-6,11-13H2,1-4H3,(H,22,23). The number of rotatable bonds is 7. The van der Waals surface area contributed by atoms with Crippen LogP contribution in [0.1, 0.15) is 52.5 Å². The smallest absolute Gasteiger partial charge is 0.305 e. The molecule has 138 valence electrons. The Morgan fingerprint density at radius 2 is 1.92 bits per heavy atom. The van der Waals surface area contributed by atoms with Crippen LogP contribution in [0.4, 0.5) is 0 Å². The molecule has 1 aliphatic heterocycles. The largest absolute Gasteiger partial charge is 0.493 e. The summed E-state index contributed by atoms with van der Waals surface area (Å²) in [7, 11) is 0. The molecule has 1 aromatic carbocycles. The van der Waals surface area contributed by atoms with Crippen molar-refractivity contribution in [3.63, 3.8) is 0 Å². The van der Waals surface area contributed by atoms with Gasteiger partial charge in [0.2, 0.25) is 5.91 Å². The third-order valence-electron chi connectivity index (χ3n) is 4.74. The van der Waals surface area contributed by atoms with Crippen LogP contribution in [0.25, 0.3) is 0 Å². The molecular weight excluding hydrogens is 318 g/mol. The lowest BCUT2D eigenvalue weighted by Crippen LogP contribution is -2.46. The summed E-state index contributed by atoms with van der Waals surface area (Å²) in [5, 5.41) is 9.06. The van der Waals surface area contributed by atoms with E-state index in [1.807, 2.05) is 38.1 Å². The first-order valence-electron chi connectivity index (χ1n) is 8.98. The van der Waals surface area contributed by atoms with Crippen molar-refractivity contribution in [2.75, 3.05) is 13.2 Å². The van der Waals surface area contributed by atoms with E-state index in [1.54, 1.807) is 4.90 Å². The molecule has 5 nitrogen and oxygen atoms in total. The molecule has 5 heteroatoms. The maximum atomic E-state index is 13.1. The molecule has 1 aromatic rings. The second-order valence-corrected chi connectivity index (χ2v) is 7.75. The fourth-order valence-corrected chi connectivity index (χ4v) is 3.23. The van der Waals surface area contributed by atoms with Crippen LogP contribution in [-0.2, 0) is 15.0 Å². The van der Waals surface area contributed by atoms with E-state index in [1.165, 1.54) is 0 Å². The zero-order valence-corrected chi connectivity index (χ0v) is 15.6. The molecule has 0 spiro atoms. The Balaban J connectivity index is 2.11. The average molecular weight is 347 g/mol. The number of benzene rings is 1. The topological polar surface area (TPSA) is 66.8 Å². The van der Waals surface area contributed by atoms with E-state index in [2.05, 4.69) is 13.8 Å². The van der Waals surface area contributed by atoms with Gasteiger partial charge in [-0.2, -0.15) is 0 Å². The fourth-order valence-electron chi connectivity index (χ4n) is 3.23. The molecule has 0 aliphatic carbocycles. The van der Waals surface area contributed by atoms with E-state index in [4.69, 9.17) is 9.84 Å².